The number of anilines is 1. The monoisotopic (exact) mass is 350 g/mol. The Morgan fingerprint density at radius 1 is 1.33 bits per heavy atom. The van der Waals surface area contributed by atoms with Crippen LogP contribution in [0.25, 0.3) is 0 Å². The van der Waals surface area contributed by atoms with Gasteiger partial charge in [0.15, 0.2) is 5.76 Å². The molecule has 0 saturated carbocycles. The van der Waals surface area contributed by atoms with E-state index in [1.807, 2.05) is 25.1 Å². The summed E-state index contributed by atoms with van der Waals surface area (Å²) in [7, 11) is 1.55. The highest BCUT2D eigenvalue weighted by Gasteiger charge is 2.17. The molecule has 0 aliphatic heterocycles. The van der Waals surface area contributed by atoms with E-state index in [9.17, 15) is 9.59 Å². The maximum absolute atomic E-state index is 12.0. The van der Waals surface area contributed by atoms with Gasteiger partial charge in [-0.25, -0.2) is 0 Å². The minimum atomic E-state index is -0.335. The summed E-state index contributed by atoms with van der Waals surface area (Å²) in [6, 6.07) is 8.81. The first-order chi connectivity index (χ1) is 9.97. The van der Waals surface area contributed by atoms with Crippen molar-refractivity contribution < 1.29 is 14.0 Å². The Labute approximate surface area is 131 Å². The predicted octanol–water partition coefficient (Wildman–Crippen LogP) is 3.06. The second-order valence-corrected chi connectivity index (χ2v) is 5.52. The van der Waals surface area contributed by atoms with Crippen LogP contribution in [0.5, 0.6) is 0 Å². The van der Waals surface area contributed by atoms with Gasteiger partial charge in [0.05, 0.1) is 18.5 Å². The van der Waals surface area contributed by atoms with E-state index in [1.165, 1.54) is 11.2 Å². The molecule has 1 heterocycles. The molecule has 6 heteroatoms. The zero-order valence-corrected chi connectivity index (χ0v) is 13.3. The van der Waals surface area contributed by atoms with Gasteiger partial charge in [-0.1, -0.05) is 6.07 Å². The van der Waals surface area contributed by atoms with Crippen LogP contribution in [0.15, 0.2) is 45.5 Å². The minimum absolute atomic E-state index is 0.0557. The third-order valence-electron chi connectivity index (χ3n) is 2.86. The van der Waals surface area contributed by atoms with Gasteiger partial charge >= 0.3 is 0 Å². The zero-order chi connectivity index (χ0) is 15.4. The second kappa shape index (κ2) is 6.58. The fourth-order valence-corrected chi connectivity index (χ4v) is 2.38. The lowest BCUT2D eigenvalue weighted by atomic mass is 10.2. The molecule has 0 fully saturated rings. The van der Waals surface area contributed by atoms with Crippen LogP contribution in [0.3, 0.4) is 0 Å². The van der Waals surface area contributed by atoms with Gasteiger partial charge in [-0.2, -0.15) is 0 Å². The van der Waals surface area contributed by atoms with Gasteiger partial charge in [-0.15, -0.1) is 0 Å². The van der Waals surface area contributed by atoms with E-state index in [1.54, 1.807) is 19.2 Å². The van der Waals surface area contributed by atoms with Crippen molar-refractivity contribution in [2.75, 3.05) is 18.9 Å². The summed E-state index contributed by atoms with van der Waals surface area (Å²) in [5.41, 5.74) is 1.76. The van der Waals surface area contributed by atoms with Crippen LogP contribution in [0.1, 0.15) is 16.1 Å². The van der Waals surface area contributed by atoms with Crippen molar-refractivity contribution in [1.29, 1.82) is 0 Å². The van der Waals surface area contributed by atoms with Crippen molar-refractivity contribution in [2.45, 2.75) is 6.92 Å². The summed E-state index contributed by atoms with van der Waals surface area (Å²) in [5.74, 6) is -0.401. The lowest BCUT2D eigenvalue weighted by molar-refractivity contribution is -0.116. The van der Waals surface area contributed by atoms with E-state index in [-0.39, 0.29) is 24.1 Å². The average molecular weight is 351 g/mol. The lowest BCUT2D eigenvalue weighted by Gasteiger charge is -2.16. The van der Waals surface area contributed by atoms with E-state index >= 15 is 0 Å². The van der Waals surface area contributed by atoms with Crippen molar-refractivity contribution >= 4 is 33.4 Å². The molecule has 1 N–H and O–H groups in total. The quantitative estimate of drug-likeness (QED) is 0.921. The fraction of sp³-hybridized carbons (Fsp3) is 0.200. The van der Waals surface area contributed by atoms with Gasteiger partial charge in [-0.05, 0) is 52.7 Å². The molecule has 0 spiro atoms. The van der Waals surface area contributed by atoms with Crippen LogP contribution in [-0.2, 0) is 4.79 Å². The molecule has 5 nitrogen and oxygen atoms in total. The molecule has 0 bridgehead atoms. The van der Waals surface area contributed by atoms with E-state index in [0.29, 0.717) is 5.69 Å². The summed E-state index contributed by atoms with van der Waals surface area (Å²) < 4.78 is 5.82. The smallest absolute Gasteiger partial charge is 0.289 e. The first-order valence-corrected chi connectivity index (χ1v) is 7.11. The number of hydrogen-bond donors (Lipinski definition) is 1. The number of carbonyl (C=O) groups excluding carboxylic acids is 2. The highest BCUT2D eigenvalue weighted by Crippen LogP contribution is 2.23. The summed E-state index contributed by atoms with van der Waals surface area (Å²) in [4.78, 5) is 25.2. The number of nitrogens with one attached hydrogen (secondary N) is 1. The molecule has 0 radical (unpaired) electrons. The fourth-order valence-electron chi connectivity index (χ4n) is 1.79. The molecule has 0 aliphatic rings. The van der Waals surface area contributed by atoms with Gasteiger partial charge in [-0.3, -0.25) is 9.59 Å². The lowest BCUT2D eigenvalue weighted by Crippen LogP contribution is -2.34. The molecule has 2 aromatic rings. The number of amides is 2. The maximum Gasteiger partial charge on any atom is 0.289 e. The van der Waals surface area contributed by atoms with E-state index < -0.39 is 0 Å². The first kappa shape index (κ1) is 15.3. The Balaban J connectivity index is 1.96. The van der Waals surface area contributed by atoms with E-state index in [2.05, 4.69) is 21.2 Å². The van der Waals surface area contributed by atoms with Gasteiger partial charge < -0.3 is 14.6 Å². The Morgan fingerprint density at radius 3 is 2.71 bits per heavy atom. The van der Waals surface area contributed by atoms with Crippen LogP contribution >= 0.6 is 15.9 Å². The van der Waals surface area contributed by atoms with Crippen LogP contribution in [0.4, 0.5) is 5.69 Å². The van der Waals surface area contributed by atoms with Crippen LogP contribution < -0.4 is 5.32 Å². The standard InChI is InChI=1S/C15H15BrN2O3/c1-10-5-6-12(11(16)8-10)17-14(19)9-18(2)15(20)13-4-3-7-21-13/h3-8H,9H2,1-2H3,(H,17,19). The van der Waals surface area contributed by atoms with Crippen molar-refractivity contribution in [3.05, 3.63) is 52.4 Å². The number of rotatable bonds is 4. The Kier molecular flexibility index (Phi) is 4.80. The number of aryl methyl sites for hydroxylation is 1. The van der Waals surface area contributed by atoms with Gasteiger partial charge in [0.2, 0.25) is 5.91 Å². The number of nitrogens with zero attached hydrogens (tertiary/aromatic N) is 1. The highest BCUT2D eigenvalue weighted by molar-refractivity contribution is 9.10. The highest BCUT2D eigenvalue weighted by atomic mass is 79.9. The molecule has 21 heavy (non-hydrogen) atoms. The van der Waals surface area contributed by atoms with Crippen LogP contribution in [0, 0.1) is 6.92 Å². The summed E-state index contributed by atoms with van der Waals surface area (Å²) in [6.07, 6.45) is 1.42. The summed E-state index contributed by atoms with van der Waals surface area (Å²) in [5, 5.41) is 2.76. The zero-order valence-electron chi connectivity index (χ0n) is 11.7. The number of hydrogen-bond acceptors (Lipinski definition) is 3. The number of likely N-dealkylation sites (N-methyl/N-ethyl adjacent to an activating group) is 1. The molecule has 0 saturated heterocycles. The number of carbonyl (C=O) groups is 2. The second-order valence-electron chi connectivity index (χ2n) is 4.67. The van der Waals surface area contributed by atoms with Crippen molar-refractivity contribution in [3.63, 3.8) is 0 Å². The summed E-state index contributed by atoms with van der Waals surface area (Å²) >= 11 is 3.39. The molecule has 0 unspecified atom stereocenters. The third-order valence-corrected chi connectivity index (χ3v) is 3.51. The Morgan fingerprint density at radius 2 is 2.10 bits per heavy atom. The Bertz CT molecular complexity index is 653. The van der Waals surface area contributed by atoms with Crippen LogP contribution in [-0.4, -0.2) is 30.3 Å². The van der Waals surface area contributed by atoms with Crippen LogP contribution in [0.2, 0.25) is 0 Å². The number of furan rings is 1. The average Bonchev–Trinajstić information content (AvgIpc) is 2.95. The number of benzene rings is 1. The molecule has 1 aromatic carbocycles. The SMILES string of the molecule is Cc1ccc(NC(=O)CN(C)C(=O)c2ccco2)c(Br)c1. The third kappa shape index (κ3) is 3.95. The molecule has 2 amide bonds. The van der Waals surface area contributed by atoms with Crippen molar-refractivity contribution in [1.82, 2.24) is 4.90 Å². The molecular formula is C15H15BrN2O3. The van der Waals surface area contributed by atoms with Gasteiger partial charge in [0.25, 0.3) is 5.91 Å². The molecular weight excluding hydrogens is 336 g/mol. The van der Waals surface area contributed by atoms with Crippen molar-refractivity contribution in [2.24, 2.45) is 0 Å². The first-order valence-electron chi connectivity index (χ1n) is 6.32. The normalized spacial score (nSPS) is 10.2. The maximum atomic E-state index is 12.0. The Hall–Kier alpha value is -2.08. The van der Waals surface area contributed by atoms with Gasteiger partial charge in [0.1, 0.15) is 0 Å². The van der Waals surface area contributed by atoms with Gasteiger partial charge in [0, 0.05) is 11.5 Å². The van der Waals surface area contributed by atoms with E-state index in [4.69, 9.17) is 4.42 Å². The molecule has 0 atom stereocenters. The molecule has 1 aromatic heterocycles. The minimum Gasteiger partial charge on any atom is -0.459 e. The largest absolute Gasteiger partial charge is 0.459 e. The van der Waals surface area contributed by atoms with E-state index in [0.717, 1.165) is 10.0 Å². The molecule has 110 valence electrons. The predicted molar refractivity (Wildman–Crippen MR) is 83.2 cm³/mol. The molecule has 0 aliphatic carbocycles. The topological polar surface area (TPSA) is 62.6 Å². The number of halogens is 1. The summed E-state index contributed by atoms with van der Waals surface area (Å²) in [6.45, 7) is 1.91. The van der Waals surface area contributed by atoms with Crippen molar-refractivity contribution in [3.8, 4) is 0 Å². The molecule has 2 rings (SSSR count).